The summed E-state index contributed by atoms with van der Waals surface area (Å²) in [4.78, 5) is 13.3. The van der Waals surface area contributed by atoms with E-state index in [2.05, 4.69) is 9.71 Å². The van der Waals surface area contributed by atoms with Crippen LogP contribution in [0.2, 0.25) is 0 Å². The Morgan fingerprint density at radius 1 is 1.17 bits per heavy atom. The van der Waals surface area contributed by atoms with E-state index in [0.717, 1.165) is 10.9 Å². The van der Waals surface area contributed by atoms with Crippen molar-refractivity contribution >= 4 is 32.3 Å². The highest BCUT2D eigenvalue weighted by Gasteiger charge is 2.23. The molecule has 3 aromatic rings. The fourth-order valence-electron chi connectivity index (χ4n) is 2.42. The number of nitrogens with one attached hydrogen (secondary N) is 2. The minimum atomic E-state index is -3.92. The Kier molecular flexibility index (Phi) is 3.53. The first-order valence-corrected chi connectivity index (χ1v) is 8.21. The first-order chi connectivity index (χ1) is 10.9. The zero-order valence-electron chi connectivity index (χ0n) is 12.1. The zero-order valence-corrected chi connectivity index (χ0v) is 12.9. The molecule has 118 valence electrons. The highest BCUT2D eigenvalue weighted by atomic mass is 32.2. The first-order valence-electron chi connectivity index (χ1n) is 6.72. The Morgan fingerprint density at radius 3 is 2.70 bits per heavy atom. The zero-order chi connectivity index (χ0) is 16.6. The summed E-state index contributed by atoms with van der Waals surface area (Å²) in [6, 6.07) is 10.9. The fraction of sp³-hybridized carbons (Fsp3) is 0.0667. The lowest BCUT2D eigenvalue weighted by Crippen LogP contribution is -2.14. The molecule has 23 heavy (non-hydrogen) atoms. The smallest absolute Gasteiger partial charge is 0.273 e. The first kappa shape index (κ1) is 15.0. The normalized spacial score (nSPS) is 11.5. The number of hydrogen-bond donors (Lipinski definition) is 2. The van der Waals surface area contributed by atoms with E-state index in [4.69, 9.17) is 0 Å². The summed E-state index contributed by atoms with van der Waals surface area (Å²) >= 11 is 0. The Hall–Kier alpha value is -2.87. The van der Waals surface area contributed by atoms with Crippen molar-refractivity contribution in [2.45, 2.75) is 11.8 Å². The summed E-state index contributed by atoms with van der Waals surface area (Å²) in [5, 5.41) is 11.8. The number of aromatic nitrogens is 1. The van der Waals surface area contributed by atoms with Crippen LogP contribution in [0.1, 0.15) is 5.56 Å². The van der Waals surface area contributed by atoms with Crippen molar-refractivity contribution in [2.75, 3.05) is 4.72 Å². The highest BCUT2D eigenvalue weighted by Crippen LogP contribution is 2.27. The van der Waals surface area contributed by atoms with Crippen LogP contribution in [0.15, 0.2) is 53.6 Å². The minimum Gasteiger partial charge on any atom is -0.361 e. The Bertz CT molecular complexity index is 1010. The van der Waals surface area contributed by atoms with Crippen molar-refractivity contribution in [3.05, 3.63) is 64.3 Å². The van der Waals surface area contributed by atoms with Crippen molar-refractivity contribution < 1.29 is 13.3 Å². The summed E-state index contributed by atoms with van der Waals surface area (Å²) in [6.07, 6.45) is 1.76. The van der Waals surface area contributed by atoms with Gasteiger partial charge in [-0.15, -0.1) is 0 Å². The summed E-state index contributed by atoms with van der Waals surface area (Å²) in [7, 11) is -3.92. The van der Waals surface area contributed by atoms with E-state index < -0.39 is 14.9 Å². The van der Waals surface area contributed by atoms with Gasteiger partial charge in [0.1, 0.15) is 0 Å². The van der Waals surface area contributed by atoms with Crippen LogP contribution in [0, 0.1) is 17.0 Å². The van der Waals surface area contributed by atoms with E-state index >= 15 is 0 Å². The number of benzene rings is 2. The average molecular weight is 331 g/mol. The van der Waals surface area contributed by atoms with E-state index in [1.165, 1.54) is 25.1 Å². The second kappa shape index (κ2) is 5.40. The topological polar surface area (TPSA) is 105 Å². The van der Waals surface area contributed by atoms with Gasteiger partial charge in [-0.25, -0.2) is 8.42 Å². The SMILES string of the molecule is Cc1c([N+](=O)[O-])cccc1S(=O)(=O)Nc1ccc2[nH]ccc2c1. The molecule has 0 amide bonds. The quantitative estimate of drug-likeness (QED) is 0.565. The van der Waals surface area contributed by atoms with Crippen LogP contribution in [0.25, 0.3) is 10.9 Å². The molecule has 3 rings (SSSR count). The molecule has 0 aliphatic rings. The third-order valence-electron chi connectivity index (χ3n) is 3.55. The lowest BCUT2D eigenvalue weighted by atomic mass is 10.2. The molecule has 0 radical (unpaired) electrons. The lowest BCUT2D eigenvalue weighted by molar-refractivity contribution is -0.385. The van der Waals surface area contributed by atoms with Gasteiger partial charge >= 0.3 is 0 Å². The van der Waals surface area contributed by atoms with Gasteiger partial charge in [0.2, 0.25) is 0 Å². The van der Waals surface area contributed by atoms with Crippen molar-refractivity contribution in [1.82, 2.24) is 4.98 Å². The number of sulfonamides is 1. The molecule has 0 unspecified atom stereocenters. The van der Waals surface area contributed by atoms with Gasteiger partial charge in [-0.3, -0.25) is 14.8 Å². The van der Waals surface area contributed by atoms with E-state index in [0.29, 0.717) is 5.69 Å². The molecule has 0 atom stereocenters. The van der Waals surface area contributed by atoms with Gasteiger partial charge in [0.25, 0.3) is 15.7 Å². The maximum atomic E-state index is 12.5. The Morgan fingerprint density at radius 2 is 1.96 bits per heavy atom. The molecule has 0 saturated heterocycles. The van der Waals surface area contributed by atoms with E-state index in [-0.39, 0.29) is 16.1 Å². The summed E-state index contributed by atoms with van der Waals surface area (Å²) < 4.78 is 27.5. The standard InChI is InChI=1S/C15H13N3O4S/c1-10-14(18(19)20)3-2-4-15(10)23(21,22)17-12-5-6-13-11(9-12)7-8-16-13/h2-9,16-17H,1H3. The number of hydrogen-bond acceptors (Lipinski definition) is 4. The van der Waals surface area contributed by atoms with Crippen LogP contribution < -0.4 is 4.72 Å². The van der Waals surface area contributed by atoms with Crippen LogP contribution >= 0.6 is 0 Å². The average Bonchev–Trinajstić information content (AvgIpc) is 2.94. The lowest BCUT2D eigenvalue weighted by Gasteiger charge is -2.10. The maximum Gasteiger partial charge on any atom is 0.273 e. The number of fused-ring (bicyclic) bond motifs is 1. The second-order valence-electron chi connectivity index (χ2n) is 5.04. The predicted octanol–water partition coefficient (Wildman–Crippen LogP) is 3.19. The molecular formula is C15H13N3O4S. The van der Waals surface area contributed by atoms with E-state index in [1.807, 2.05) is 6.07 Å². The highest BCUT2D eigenvalue weighted by molar-refractivity contribution is 7.92. The van der Waals surface area contributed by atoms with Gasteiger partial charge < -0.3 is 4.98 Å². The number of nitro groups is 1. The predicted molar refractivity (Wildman–Crippen MR) is 86.9 cm³/mol. The van der Waals surface area contributed by atoms with Gasteiger partial charge in [-0.05, 0) is 37.3 Å². The van der Waals surface area contributed by atoms with Crippen LogP contribution in [0.5, 0.6) is 0 Å². The van der Waals surface area contributed by atoms with Gasteiger partial charge in [0.05, 0.1) is 9.82 Å². The van der Waals surface area contributed by atoms with Crippen LogP contribution in [-0.2, 0) is 10.0 Å². The second-order valence-corrected chi connectivity index (χ2v) is 6.69. The third-order valence-corrected chi connectivity index (χ3v) is 5.07. The molecule has 7 nitrogen and oxygen atoms in total. The minimum absolute atomic E-state index is 0.104. The number of H-pyrrole nitrogens is 1. The Labute approximate surface area is 132 Å². The fourth-order valence-corrected chi connectivity index (χ4v) is 3.73. The number of aromatic amines is 1. The van der Waals surface area contributed by atoms with Crippen molar-refractivity contribution in [2.24, 2.45) is 0 Å². The van der Waals surface area contributed by atoms with Crippen LogP contribution in [0.3, 0.4) is 0 Å². The largest absolute Gasteiger partial charge is 0.361 e. The van der Waals surface area contributed by atoms with Crippen LogP contribution in [-0.4, -0.2) is 18.3 Å². The molecule has 2 N–H and O–H groups in total. The monoisotopic (exact) mass is 331 g/mol. The van der Waals surface area contributed by atoms with Gasteiger partial charge in [-0.1, -0.05) is 6.07 Å². The molecule has 0 fully saturated rings. The van der Waals surface area contributed by atoms with Gasteiger partial charge in [0, 0.05) is 34.4 Å². The summed E-state index contributed by atoms with van der Waals surface area (Å²) in [5.41, 5.74) is 1.16. The third kappa shape index (κ3) is 2.76. The van der Waals surface area contributed by atoms with Gasteiger partial charge in [-0.2, -0.15) is 0 Å². The summed E-state index contributed by atoms with van der Waals surface area (Å²) in [6.45, 7) is 1.42. The van der Waals surface area contributed by atoms with Crippen LogP contribution in [0.4, 0.5) is 11.4 Å². The molecule has 0 saturated carbocycles. The number of anilines is 1. The molecule has 0 aliphatic carbocycles. The van der Waals surface area contributed by atoms with Crippen molar-refractivity contribution in [3.8, 4) is 0 Å². The van der Waals surface area contributed by atoms with Crippen molar-refractivity contribution in [1.29, 1.82) is 0 Å². The van der Waals surface area contributed by atoms with Gasteiger partial charge in [0.15, 0.2) is 0 Å². The molecule has 1 aromatic heterocycles. The molecule has 8 heteroatoms. The molecular weight excluding hydrogens is 318 g/mol. The number of nitrogens with zero attached hydrogens (tertiary/aromatic N) is 1. The van der Waals surface area contributed by atoms with E-state index in [1.54, 1.807) is 24.4 Å². The molecule has 0 aliphatic heterocycles. The summed E-state index contributed by atoms with van der Waals surface area (Å²) in [5.74, 6) is 0. The number of rotatable bonds is 4. The number of nitro benzene ring substituents is 1. The molecule has 1 heterocycles. The molecule has 0 bridgehead atoms. The molecule has 0 spiro atoms. The van der Waals surface area contributed by atoms with Crippen molar-refractivity contribution in [3.63, 3.8) is 0 Å². The Balaban J connectivity index is 2.01. The van der Waals surface area contributed by atoms with E-state index in [9.17, 15) is 18.5 Å². The molecule has 2 aromatic carbocycles. The maximum absolute atomic E-state index is 12.5.